The molecule has 0 radical (unpaired) electrons. The van der Waals surface area contributed by atoms with E-state index < -0.39 is 0 Å². The highest BCUT2D eigenvalue weighted by atomic mass is 32.1. The van der Waals surface area contributed by atoms with E-state index in [0.717, 1.165) is 17.4 Å². The van der Waals surface area contributed by atoms with Crippen LogP contribution in [0.4, 0.5) is 5.13 Å². The lowest BCUT2D eigenvalue weighted by atomic mass is 10.2. The Kier molecular flexibility index (Phi) is 4.78. The van der Waals surface area contributed by atoms with Gasteiger partial charge in [-0.2, -0.15) is 0 Å². The number of nitrogens with two attached hydrogens (primary N) is 1. The topological polar surface area (TPSA) is 50.9 Å². The summed E-state index contributed by atoms with van der Waals surface area (Å²) in [7, 11) is 0. The van der Waals surface area contributed by atoms with Gasteiger partial charge in [-0.05, 0) is 6.42 Å². The summed E-state index contributed by atoms with van der Waals surface area (Å²) in [5, 5.41) is 6.28. The Morgan fingerprint density at radius 2 is 2.38 bits per heavy atom. The van der Waals surface area contributed by atoms with Gasteiger partial charge in [0.2, 0.25) is 0 Å². The summed E-state index contributed by atoms with van der Waals surface area (Å²) in [5.74, 6) is 0. The predicted octanol–water partition coefficient (Wildman–Crippen LogP) is 2.20. The number of thiazole rings is 1. The van der Waals surface area contributed by atoms with Crippen LogP contribution >= 0.6 is 11.3 Å². The van der Waals surface area contributed by atoms with Gasteiger partial charge in [-0.25, -0.2) is 4.98 Å². The fraction of sp³-hybridized carbons (Fsp3) is 0.667. The Morgan fingerprint density at radius 1 is 1.54 bits per heavy atom. The molecule has 0 fully saturated rings. The predicted molar refractivity (Wildman–Crippen MR) is 58.0 cm³/mol. The largest absolute Gasteiger partial charge is 0.362 e. The van der Waals surface area contributed by atoms with E-state index in [4.69, 9.17) is 5.73 Å². The zero-order chi connectivity index (χ0) is 9.52. The quantitative estimate of drug-likeness (QED) is 0.691. The molecule has 1 aromatic rings. The van der Waals surface area contributed by atoms with E-state index in [1.165, 1.54) is 19.3 Å². The second-order valence-corrected chi connectivity index (χ2v) is 3.84. The van der Waals surface area contributed by atoms with Gasteiger partial charge < -0.3 is 11.1 Å². The van der Waals surface area contributed by atoms with Gasteiger partial charge in [0.15, 0.2) is 5.13 Å². The molecule has 74 valence electrons. The molecule has 0 bridgehead atoms. The molecule has 1 heterocycles. The van der Waals surface area contributed by atoms with E-state index in [0.29, 0.717) is 6.54 Å². The van der Waals surface area contributed by atoms with Crippen molar-refractivity contribution in [1.29, 1.82) is 0 Å². The molecule has 1 aromatic heterocycles. The molecule has 0 aliphatic carbocycles. The SMILES string of the molecule is CCCCCNc1nc(CN)cs1. The number of nitrogens with one attached hydrogen (secondary N) is 1. The molecular formula is C9H17N3S. The van der Waals surface area contributed by atoms with Gasteiger partial charge in [-0.1, -0.05) is 19.8 Å². The van der Waals surface area contributed by atoms with Gasteiger partial charge >= 0.3 is 0 Å². The number of aromatic nitrogens is 1. The molecule has 3 nitrogen and oxygen atoms in total. The minimum atomic E-state index is 0.535. The number of anilines is 1. The zero-order valence-corrected chi connectivity index (χ0v) is 8.86. The minimum Gasteiger partial charge on any atom is -0.362 e. The second-order valence-electron chi connectivity index (χ2n) is 2.98. The molecule has 4 heteroatoms. The van der Waals surface area contributed by atoms with Crippen LogP contribution in [0.25, 0.3) is 0 Å². The van der Waals surface area contributed by atoms with Crippen LogP contribution in [0.3, 0.4) is 0 Å². The third-order valence-corrected chi connectivity index (χ3v) is 2.67. The highest BCUT2D eigenvalue weighted by Gasteiger charge is 1.98. The lowest BCUT2D eigenvalue weighted by molar-refractivity contribution is 0.743. The molecule has 0 spiro atoms. The van der Waals surface area contributed by atoms with Crippen molar-refractivity contribution in [3.63, 3.8) is 0 Å². The first kappa shape index (κ1) is 10.5. The maximum atomic E-state index is 5.46. The van der Waals surface area contributed by atoms with Crippen LogP contribution < -0.4 is 11.1 Å². The van der Waals surface area contributed by atoms with Crippen molar-refractivity contribution in [1.82, 2.24) is 4.98 Å². The van der Waals surface area contributed by atoms with Gasteiger partial charge in [-0.3, -0.25) is 0 Å². The molecule has 0 saturated heterocycles. The third kappa shape index (κ3) is 3.74. The number of rotatable bonds is 6. The van der Waals surface area contributed by atoms with Crippen LogP contribution in [-0.4, -0.2) is 11.5 Å². The van der Waals surface area contributed by atoms with E-state index in [9.17, 15) is 0 Å². The standard InChI is InChI=1S/C9H17N3S/c1-2-3-4-5-11-9-12-8(6-10)7-13-9/h7H,2-6,10H2,1H3,(H,11,12). The number of unbranched alkanes of at least 4 members (excludes halogenated alkanes) is 2. The molecule has 0 aliphatic rings. The van der Waals surface area contributed by atoms with Gasteiger partial charge in [0, 0.05) is 18.5 Å². The first-order valence-corrected chi connectivity index (χ1v) is 5.63. The van der Waals surface area contributed by atoms with Crippen LogP contribution in [0, 0.1) is 0 Å². The van der Waals surface area contributed by atoms with Crippen molar-refractivity contribution in [2.45, 2.75) is 32.7 Å². The van der Waals surface area contributed by atoms with E-state index in [2.05, 4.69) is 17.2 Å². The number of hydrogen-bond donors (Lipinski definition) is 2. The van der Waals surface area contributed by atoms with Gasteiger partial charge in [-0.15, -0.1) is 11.3 Å². The van der Waals surface area contributed by atoms with Crippen LogP contribution in [-0.2, 0) is 6.54 Å². The van der Waals surface area contributed by atoms with E-state index in [-0.39, 0.29) is 0 Å². The molecule has 0 aromatic carbocycles. The molecule has 13 heavy (non-hydrogen) atoms. The van der Waals surface area contributed by atoms with Crippen molar-refractivity contribution in [2.24, 2.45) is 5.73 Å². The van der Waals surface area contributed by atoms with E-state index in [1.54, 1.807) is 11.3 Å². The van der Waals surface area contributed by atoms with Gasteiger partial charge in [0.25, 0.3) is 0 Å². The third-order valence-electron chi connectivity index (χ3n) is 1.82. The number of nitrogens with zero attached hydrogens (tertiary/aromatic N) is 1. The summed E-state index contributed by atoms with van der Waals surface area (Å²) in [5.41, 5.74) is 6.43. The molecule has 1 rings (SSSR count). The Labute approximate surface area is 83.4 Å². The smallest absolute Gasteiger partial charge is 0.182 e. The van der Waals surface area contributed by atoms with Crippen LogP contribution in [0.2, 0.25) is 0 Å². The summed E-state index contributed by atoms with van der Waals surface area (Å²) in [6.07, 6.45) is 3.75. The zero-order valence-electron chi connectivity index (χ0n) is 8.05. The molecule has 0 saturated carbocycles. The first-order chi connectivity index (χ1) is 6.36. The summed E-state index contributed by atoms with van der Waals surface area (Å²) in [6.45, 7) is 3.76. The maximum Gasteiger partial charge on any atom is 0.182 e. The average Bonchev–Trinajstić information content (AvgIpc) is 2.60. The molecular weight excluding hydrogens is 182 g/mol. The van der Waals surface area contributed by atoms with Crippen molar-refractivity contribution >= 4 is 16.5 Å². The summed E-state index contributed by atoms with van der Waals surface area (Å²) < 4.78 is 0. The van der Waals surface area contributed by atoms with Crippen molar-refractivity contribution in [3.8, 4) is 0 Å². The van der Waals surface area contributed by atoms with Crippen molar-refractivity contribution in [2.75, 3.05) is 11.9 Å². The fourth-order valence-electron chi connectivity index (χ4n) is 1.05. The summed E-state index contributed by atoms with van der Waals surface area (Å²) >= 11 is 1.63. The van der Waals surface area contributed by atoms with Gasteiger partial charge in [0.1, 0.15) is 0 Å². The summed E-state index contributed by atoms with van der Waals surface area (Å²) in [4.78, 5) is 4.31. The maximum absolute atomic E-state index is 5.46. The number of hydrogen-bond acceptors (Lipinski definition) is 4. The normalized spacial score (nSPS) is 10.3. The Morgan fingerprint density at radius 3 is 3.00 bits per heavy atom. The minimum absolute atomic E-state index is 0.535. The molecule has 3 N–H and O–H groups in total. The Balaban J connectivity index is 2.20. The van der Waals surface area contributed by atoms with Crippen LogP contribution in [0.5, 0.6) is 0 Å². The van der Waals surface area contributed by atoms with Crippen molar-refractivity contribution in [3.05, 3.63) is 11.1 Å². The van der Waals surface area contributed by atoms with E-state index in [1.807, 2.05) is 5.38 Å². The molecule has 0 amide bonds. The Hall–Kier alpha value is -0.610. The Bertz CT molecular complexity index is 235. The van der Waals surface area contributed by atoms with E-state index >= 15 is 0 Å². The lowest BCUT2D eigenvalue weighted by Crippen LogP contribution is -2.02. The van der Waals surface area contributed by atoms with Crippen LogP contribution in [0.1, 0.15) is 31.9 Å². The molecule has 0 aliphatic heterocycles. The molecule has 0 atom stereocenters. The first-order valence-electron chi connectivity index (χ1n) is 4.75. The average molecular weight is 199 g/mol. The molecule has 0 unspecified atom stereocenters. The monoisotopic (exact) mass is 199 g/mol. The van der Waals surface area contributed by atoms with Crippen LogP contribution in [0.15, 0.2) is 5.38 Å². The summed E-state index contributed by atoms with van der Waals surface area (Å²) in [6, 6.07) is 0. The second kappa shape index (κ2) is 5.94. The van der Waals surface area contributed by atoms with Gasteiger partial charge in [0.05, 0.1) is 5.69 Å². The lowest BCUT2D eigenvalue weighted by Gasteiger charge is -2.00. The fourth-order valence-corrected chi connectivity index (χ4v) is 1.80. The van der Waals surface area contributed by atoms with Crippen molar-refractivity contribution < 1.29 is 0 Å². The highest BCUT2D eigenvalue weighted by molar-refractivity contribution is 7.13. The highest BCUT2D eigenvalue weighted by Crippen LogP contribution is 2.14.